The summed E-state index contributed by atoms with van der Waals surface area (Å²) in [4.78, 5) is 12.8. The average Bonchev–Trinajstić information content (AvgIpc) is 2.93. The number of benzene rings is 1. The first-order chi connectivity index (χ1) is 9.69. The first kappa shape index (κ1) is 14.9. The zero-order chi connectivity index (χ0) is 14.4. The molecule has 0 fully saturated rings. The van der Waals surface area contributed by atoms with E-state index in [1.807, 2.05) is 29.6 Å². The van der Waals surface area contributed by atoms with E-state index in [1.165, 1.54) is 0 Å². The van der Waals surface area contributed by atoms with E-state index in [0.29, 0.717) is 24.4 Å². The van der Waals surface area contributed by atoms with Crippen molar-refractivity contribution >= 4 is 28.8 Å². The number of methoxy groups -OCH3 is 1. The van der Waals surface area contributed by atoms with Gasteiger partial charge in [-0.3, -0.25) is 4.79 Å². The highest BCUT2D eigenvalue weighted by molar-refractivity contribution is 7.10. The minimum Gasteiger partial charge on any atom is -0.497 e. The van der Waals surface area contributed by atoms with Gasteiger partial charge in [-0.1, -0.05) is 23.7 Å². The summed E-state index contributed by atoms with van der Waals surface area (Å²) in [7, 11) is 1.61. The van der Waals surface area contributed by atoms with Crippen LogP contribution in [0.2, 0.25) is 5.02 Å². The van der Waals surface area contributed by atoms with Gasteiger partial charge >= 0.3 is 0 Å². The third kappa shape index (κ3) is 4.25. The largest absolute Gasteiger partial charge is 0.497 e. The number of nitrogens with one attached hydrogen (secondary N) is 1. The molecule has 1 aromatic carbocycles. The van der Waals surface area contributed by atoms with Crippen LogP contribution in [0.15, 0.2) is 35.7 Å². The summed E-state index contributed by atoms with van der Waals surface area (Å²) in [6.45, 7) is 0.580. The van der Waals surface area contributed by atoms with Crippen molar-refractivity contribution in [2.75, 3.05) is 13.7 Å². The Hall–Kier alpha value is -1.52. The molecule has 1 N–H and O–H groups in total. The molecular weight excluding hydrogens is 294 g/mol. The van der Waals surface area contributed by atoms with E-state index in [0.717, 1.165) is 16.2 Å². The molecule has 3 nitrogen and oxygen atoms in total. The van der Waals surface area contributed by atoms with Crippen LogP contribution in [0.3, 0.4) is 0 Å². The summed E-state index contributed by atoms with van der Waals surface area (Å²) in [5.74, 6) is 0.776. The van der Waals surface area contributed by atoms with Crippen LogP contribution >= 0.6 is 22.9 Å². The molecule has 1 aromatic heterocycles. The topological polar surface area (TPSA) is 38.3 Å². The normalized spacial score (nSPS) is 10.3. The van der Waals surface area contributed by atoms with Gasteiger partial charge in [-0.2, -0.15) is 0 Å². The Morgan fingerprint density at radius 3 is 2.90 bits per heavy atom. The van der Waals surface area contributed by atoms with Gasteiger partial charge in [0.1, 0.15) is 5.75 Å². The number of thiophene rings is 1. The molecule has 0 radical (unpaired) electrons. The summed E-state index contributed by atoms with van der Waals surface area (Å²) >= 11 is 7.74. The minimum atomic E-state index is 0.0390. The maximum atomic E-state index is 11.7. The fourth-order valence-corrected chi connectivity index (χ4v) is 2.80. The van der Waals surface area contributed by atoms with E-state index in [-0.39, 0.29) is 5.91 Å². The maximum Gasteiger partial charge on any atom is 0.225 e. The molecule has 106 valence electrons. The summed E-state index contributed by atoms with van der Waals surface area (Å²) in [5, 5.41) is 5.54. The number of ether oxygens (including phenoxy) is 1. The monoisotopic (exact) mass is 309 g/mol. The predicted molar refractivity (Wildman–Crippen MR) is 82.7 cm³/mol. The fraction of sp³-hybridized carbons (Fsp3) is 0.267. The van der Waals surface area contributed by atoms with Gasteiger partial charge in [-0.05, 0) is 35.6 Å². The van der Waals surface area contributed by atoms with Crippen LogP contribution in [0.25, 0.3) is 0 Å². The van der Waals surface area contributed by atoms with Gasteiger partial charge in [0.05, 0.1) is 13.5 Å². The van der Waals surface area contributed by atoms with Gasteiger partial charge < -0.3 is 10.1 Å². The van der Waals surface area contributed by atoms with Crippen molar-refractivity contribution in [2.24, 2.45) is 0 Å². The first-order valence-corrected chi connectivity index (χ1v) is 7.56. The number of hydrogen-bond acceptors (Lipinski definition) is 3. The van der Waals surface area contributed by atoms with Crippen LogP contribution in [0.5, 0.6) is 5.75 Å². The van der Waals surface area contributed by atoms with E-state index >= 15 is 0 Å². The standard InChI is InChI=1S/C15H16ClNO2S/c1-19-12-5-4-11(14(16)9-12)6-7-17-15(18)10-13-3-2-8-20-13/h2-5,8-9H,6-7,10H2,1H3,(H,17,18). The Kier molecular flexibility index (Phi) is 5.44. The highest BCUT2D eigenvalue weighted by atomic mass is 35.5. The number of rotatable bonds is 6. The Balaban J connectivity index is 1.79. The zero-order valence-corrected chi connectivity index (χ0v) is 12.8. The predicted octanol–water partition coefficient (Wildman–Crippen LogP) is 3.31. The Bertz CT molecular complexity index is 569. The fourth-order valence-electron chi connectivity index (χ4n) is 1.83. The highest BCUT2D eigenvalue weighted by Gasteiger charge is 2.05. The Morgan fingerprint density at radius 2 is 2.25 bits per heavy atom. The van der Waals surface area contributed by atoms with E-state index in [4.69, 9.17) is 16.3 Å². The molecule has 20 heavy (non-hydrogen) atoms. The van der Waals surface area contributed by atoms with Crippen LogP contribution in [0.1, 0.15) is 10.4 Å². The zero-order valence-electron chi connectivity index (χ0n) is 11.2. The van der Waals surface area contributed by atoms with Crippen LogP contribution in [-0.2, 0) is 17.6 Å². The van der Waals surface area contributed by atoms with Crippen molar-refractivity contribution in [2.45, 2.75) is 12.8 Å². The lowest BCUT2D eigenvalue weighted by Crippen LogP contribution is -2.27. The molecule has 0 atom stereocenters. The SMILES string of the molecule is COc1ccc(CCNC(=O)Cc2cccs2)c(Cl)c1. The molecule has 0 aliphatic rings. The molecule has 0 unspecified atom stereocenters. The quantitative estimate of drug-likeness (QED) is 0.889. The lowest BCUT2D eigenvalue weighted by atomic mass is 10.1. The molecular formula is C15H16ClNO2S. The minimum absolute atomic E-state index is 0.0390. The molecule has 2 aromatic rings. The second-order valence-electron chi connectivity index (χ2n) is 4.31. The number of carbonyl (C=O) groups is 1. The maximum absolute atomic E-state index is 11.7. The Labute approximate surface area is 127 Å². The van der Waals surface area contributed by atoms with Crippen molar-refractivity contribution in [1.82, 2.24) is 5.32 Å². The van der Waals surface area contributed by atoms with Gasteiger partial charge in [-0.15, -0.1) is 11.3 Å². The van der Waals surface area contributed by atoms with E-state index in [9.17, 15) is 4.79 Å². The Morgan fingerprint density at radius 1 is 1.40 bits per heavy atom. The molecule has 0 spiro atoms. The first-order valence-electron chi connectivity index (χ1n) is 6.30. The lowest BCUT2D eigenvalue weighted by Gasteiger charge is -2.08. The van der Waals surface area contributed by atoms with Crippen LogP contribution in [-0.4, -0.2) is 19.6 Å². The van der Waals surface area contributed by atoms with Gasteiger partial charge in [0.25, 0.3) is 0 Å². The van der Waals surface area contributed by atoms with Crippen molar-refractivity contribution in [3.05, 3.63) is 51.2 Å². The smallest absolute Gasteiger partial charge is 0.225 e. The van der Waals surface area contributed by atoms with Crippen LogP contribution < -0.4 is 10.1 Å². The van der Waals surface area contributed by atoms with Crippen molar-refractivity contribution < 1.29 is 9.53 Å². The van der Waals surface area contributed by atoms with E-state index in [2.05, 4.69) is 5.32 Å². The van der Waals surface area contributed by atoms with E-state index in [1.54, 1.807) is 24.5 Å². The molecule has 0 aliphatic carbocycles. The molecule has 5 heteroatoms. The second kappa shape index (κ2) is 7.31. The molecule has 1 amide bonds. The highest BCUT2D eigenvalue weighted by Crippen LogP contribution is 2.22. The molecule has 0 saturated heterocycles. The summed E-state index contributed by atoms with van der Waals surface area (Å²) in [5.41, 5.74) is 1.00. The average molecular weight is 310 g/mol. The molecule has 0 aliphatic heterocycles. The number of carbonyl (C=O) groups excluding carboxylic acids is 1. The van der Waals surface area contributed by atoms with Gasteiger partial charge in [0.2, 0.25) is 5.91 Å². The summed E-state index contributed by atoms with van der Waals surface area (Å²) in [6.07, 6.45) is 1.15. The van der Waals surface area contributed by atoms with Crippen molar-refractivity contribution in [1.29, 1.82) is 0 Å². The second-order valence-corrected chi connectivity index (χ2v) is 5.75. The number of hydrogen-bond donors (Lipinski definition) is 1. The van der Waals surface area contributed by atoms with Gasteiger partial charge in [-0.25, -0.2) is 0 Å². The summed E-state index contributed by atoms with van der Waals surface area (Å²) in [6, 6.07) is 9.49. The number of amides is 1. The molecule has 2 rings (SSSR count). The van der Waals surface area contributed by atoms with Crippen molar-refractivity contribution in [3.63, 3.8) is 0 Å². The third-order valence-electron chi connectivity index (χ3n) is 2.89. The van der Waals surface area contributed by atoms with Gasteiger partial charge in [0.15, 0.2) is 0 Å². The van der Waals surface area contributed by atoms with Crippen LogP contribution in [0, 0.1) is 0 Å². The van der Waals surface area contributed by atoms with Gasteiger partial charge in [0, 0.05) is 16.4 Å². The number of halogens is 1. The summed E-state index contributed by atoms with van der Waals surface area (Å²) < 4.78 is 5.10. The third-order valence-corrected chi connectivity index (χ3v) is 4.12. The van der Waals surface area contributed by atoms with E-state index < -0.39 is 0 Å². The molecule has 1 heterocycles. The van der Waals surface area contributed by atoms with Crippen LogP contribution in [0.4, 0.5) is 0 Å². The lowest BCUT2D eigenvalue weighted by molar-refractivity contribution is -0.120. The molecule has 0 saturated carbocycles. The van der Waals surface area contributed by atoms with Crippen molar-refractivity contribution in [3.8, 4) is 5.75 Å². The molecule has 0 bridgehead atoms.